The molecule has 20 heavy (non-hydrogen) atoms. The van der Waals surface area contributed by atoms with Crippen LogP contribution in [0.2, 0.25) is 0 Å². The SMILES string of the molecule is COc1cccc2cc(CNc3cccnc3Br)oc12. The van der Waals surface area contributed by atoms with E-state index >= 15 is 0 Å². The van der Waals surface area contributed by atoms with Gasteiger partial charge in [-0.3, -0.25) is 0 Å². The maximum atomic E-state index is 5.83. The lowest BCUT2D eigenvalue weighted by molar-refractivity contribution is 0.408. The Morgan fingerprint density at radius 2 is 2.20 bits per heavy atom. The van der Waals surface area contributed by atoms with E-state index in [1.54, 1.807) is 13.3 Å². The van der Waals surface area contributed by atoms with Gasteiger partial charge in [0.2, 0.25) is 0 Å². The molecule has 0 fully saturated rings. The molecule has 0 saturated heterocycles. The molecule has 1 N–H and O–H groups in total. The number of anilines is 1. The second-order valence-electron chi connectivity index (χ2n) is 4.29. The highest BCUT2D eigenvalue weighted by molar-refractivity contribution is 9.10. The predicted molar refractivity (Wildman–Crippen MR) is 82.0 cm³/mol. The van der Waals surface area contributed by atoms with E-state index in [4.69, 9.17) is 9.15 Å². The quantitative estimate of drug-likeness (QED) is 0.727. The van der Waals surface area contributed by atoms with Crippen LogP contribution >= 0.6 is 15.9 Å². The summed E-state index contributed by atoms with van der Waals surface area (Å²) in [5, 5.41) is 4.32. The van der Waals surface area contributed by atoms with Gasteiger partial charge >= 0.3 is 0 Å². The van der Waals surface area contributed by atoms with Gasteiger partial charge in [0.05, 0.1) is 19.3 Å². The normalized spacial score (nSPS) is 10.7. The van der Waals surface area contributed by atoms with Crippen molar-refractivity contribution in [3.63, 3.8) is 0 Å². The molecule has 3 rings (SSSR count). The highest BCUT2D eigenvalue weighted by Crippen LogP contribution is 2.29. The molecule has 1 aromatic carbocycles. The summed E-state index contributed by atoms with van der Waals surface area (Å²) in [6.07, 6.45) is 1.74. The third-order valence-corrected chi connectivity index (χ3v) is 3.62. The predicted octanol–water partition coefficient (Wildman–Crippen LogP) is 4.21. The van der Waals surface area contributed by atoms with Gasteiger partial charge in [0.1, 0.15) is 10.4 Å². The summed E-state index contributed by atoms with van der Waals surface area (Å²) in [5.41, 5.74) is 1.71. The maximum Gasteiger partial charge on any atom is 0.176 e. The van der Waals surface area contributed by atoms with E-state index in [0.29, 0.717) is 6.54 Å². The van der Waals surface area contributed by atoms with Crippen molar-refractivity contribution in [1.29, 1.82) is 0 Å². The Kier molecular flexibility index (Phi) is 3.60. The van der Waals surface area contributed by atoms with Crippen LogP contribution in [-0.4, -0.2) is 12.1 Å². The molecule has 3 aromatic rings. The Hall–Kier alpha value is -2.01. The van der Waals surface area contributed by atoms with Crippen LogP contribution in [0.3, 0.4) is 0 Å². The zero-order valence-electron chi connectivity index (χ0n) is 10.9. The molecular formula is C15H13BrN2O2. The first-order chi connectivity index (χ1) is 9.78. The summed E-state index contributed by atoms with van der Waals surface area (Å²) in [6, 6.07) is 11.7. The Morgan fingerprint density at radius 1 is 1.30 bits per heavy atom. The van der Waals surface area contributed by atoms with Crippen molar-refractivity contribution in [2.24, 2.45) is 0 Å². The average molecular weight is 333 g/mol. The number of rotatable bonds is 4. The van der Waals surface area contributed by atoms with Crippen molar-refractivity contribution >= 4 is 32.6 Å². The molecule has 0 bridgehead atoms. The number of fused-ring (bicyclic) bond motifs is 1. The Bertz CT molecular complexity index is 740. The van der Waals surface area contributed by atoms with Crippen molar-refractivity contribution in [3.8, 4) is 5.75 Å². The number of hydrogen-bond acceptors (Lipinski definition) is 4. The Labute approximate surface area is 124 Å². The van der Waals surface area contributed by atoms with E-state index in [0.717, 1.165) is 32.8 Å². The fourth-order valence-corrected chi connectivity index (χ4v) is 2.43. The van der Waals surface area contributed by atoms with E-state index in [1.807, 2.05) is 36.4 Å². The first-order valence-corrected chi connectivity index (χ1v) is 6.97. The number of halogens is 1. The van der Waals surface area contributed by atoms with Gasteiger partial charge in [0.15, 0.2) is 11.3 Å². The standard InChI is InChI=1S/C15H13BrN2O2/c1-19-13-6-2-4-10-8-11(20-14(10)13)9-18-12-5-3-7-17-15(12)16/h2-8,18H,9H2,1H3. The summed E-state index contributed by atoms with van der Waals surface area (Å²) in [5.74, 6) is 1.59. The molecule has 2 heterocycles. The zero-order valence-corrected chi connectivity index (χ0v) is 12.5. The molecule has 2 aromatic heterocycles. The number of furan rings is 1. The molecule has 102 valence electrons. The molecule has 5 heteroatoms. The highest BCUT2D eigenvalue weighted by Gasteiger charge is 2.08. The van der Waals surface area contributed by atoms with Crippen molar-refractivity contribution in [2.75, 3.05) is 12.4 Å². The lowest BCUT2D eigenvalue weighted by Gasteiger charge is -2.05. The topological polar surface area (TPSA) is 47.3 Å². The number of benzene rings is 1. The van der Waals surface area contributed by atoms with Gasteiger partial charge in [0, 0.05) is 11.6 Å². The van der Waals surface area contributed by atoms with Crippen molar-refractivity contribution < 1.29 is 9.15 Å². The van der Waals surface area contributed by atoms with E-state index in [2.05, 4.69) is 26.2 Å². The van der Waals surface area contributed by atoms with Gasteiger partial charge in [-0.2, -0.15) is 0 Å². The van der Waals surface area contributed by atoms with Crippen LogP contribution in [0.1, 0.15) is 5.76 Å². The van der Waals surface area contributed by atoms with Gasteiger partial charge in [-0.25, -0.2) is 4.98 Å². The van der Waals surface area contributed by atoms with Crippen LogP contribution in [0.4, 0.5) is 5.69 Å². The number of para-hydroxylation sites is 1. The second-order valence-corrected chi connectivity index (χ2v) is 5.04. The number of aromatic nitrogens is 1. The summed E-state index contributed by atoms with van der Waals surface area (Å²) < 4.78 is 11.9. The smallest absolute Gasteiger partial charge is 0.176 e. The minimum absolute atomic E-state index is 0.585. The van der Waals surface area contributed by atoms with Crippen molar-refractivity contribution in [2.45, 2.75) is 6.54 Å². The molecule has 0 aliphatic carbocycles. The van der Waals surface area contributed by atoms with Crippen LogP contribution in [0.15, 0.2) is 51.6 Å². The molecule has 0 saturated carbocycles. The van der Waals surface area contributed by atoms with Gasteiger partial charge in [-0.05, 0) is 40.2 Å². The Balaban J connectivity index is 1.83. The fraction of sp³-hybridized carbons (Fsp3) is 0.133. The minimum atomic E-state index is 0.585. The van der Waals surface area contributed by atoms with Crippen LogP contribution in [0, 0.1) is 0 Å². The molecule has 0 atom stereocenters. The number of ether oxygens (including phenoxy) is 1. The first kappa shape index (κ1) is 13.0. The van der Waals surface area contributed by atoms with Gasteiger partial charge in [0.25, 0.3) is 0 Å². The highest BCUT2D eigenvalue weighted by atomic mass is 79.9. The largest absolute Gasteiger partial charge is 0.493 e. The molecule has 0 aliphatic rings. The number of pyridine rings is 1. The molecule has 0 spiro atoms. The monoisotopic (exact) mass is 332 g/mol. The lowest BCUT2D eigenvalue weighted by atomic mass is 10.2. The number of methoxy groups -OCH3 is 1. The zero-order chi connectivity index (χ0) is 13.9. The van der Waals surface area contributed by atoms with Crippen LogP contribution in [0.5, 0.6) is 5.75 Å². The molecule has 0 aliphatic heterocycles. The summed E-state index contributed by atoms with van der Waals surface area (Å²) in [7, 11) is 1.64. The molecular weight excluding hydrogens is 320 g/mol. The van der Waals surface area contributed by atoms with E-state index < -0.39 is 0 Å². The lowest BCUT2D eigenvalue weighted by Crippen LogP contribution is -1.99. The van der Waals surface area contributed by atoms with Crippen LogP contribution in [-0.2, 0) is 6.54 Å². The molecule has 0 radical (unpaired) electrons. The summed E-state index contributed by atoms with van der Waals surface area (Å²) in [4.78, 5) is 4.17. The van der Waals surface area contributed by atoms with Crippen molar-refractivity contribution in [3.05, 3.63) is 53.0 Å². The van der Waals surface area contributed by atoms with E-state index in [-0.39, 0.29) is 0 Å². The summed E-state index contributed by atoms with van der Waals surface area (Å²) in [6.45, 7) is 0.585. The maximum absolute atomic E-state index is 5.83. The third kappa shape index (κ3) is 2.49. The van der Waals surface area contributed by atoms with Crippen molar-refractivity contribution in [1.82, 2.24) is 4.98 Å². The molecule has 0 amide bonds. The fourth-order valence-electron chi connectivity index (χ4n) is 2.04. The average Bonchev–Trinajstić information content (AvgIpc) is 2.89. The number of nitrogens with zero attached hydrogens (tertiary/aromatic N) is 1. The second kappa shape index (κ2) is 5.54. The van der Waals surface area contributed by atoms with E-state index in [1.165, 1.54) is 0 Å². The van der Waals surface area contributed by atoms with Crippen LogP contribution in [0.25, 0.3) is 11.0 Å². The third-order valence-electron chi connectivity index (χ3n) is 2.99. The van der Waals surface area contributed by atoms with Gasteiger partial charge in [-0.1, -0.05) is 12.1 Å². The number of hydrogen-bond donors (Lipinski definition) is 1. The Morgan fingerprint density at radius 3 is 3.00 bits per heavy atom. The van der Waals surface area contributed by atoms with Gasteiger partial charge in [-0.15, -0.1) is 0 Å². The number of nitrogens with one attached hydrogen (secondary N) is 1. The molecule has 0 unspecified atom stereocenters. The van der Waals surface area contributed by atoms with Gasteiger partial charge < -0.3 is 14.5 Å². The minimum Gasteiger partial charge on any atom is -0.493 e. The van der Waals surface area contributed by atoms with E-state index in [9.17, 15) is 0 Å². The van der Waals surface area contributed by atoms with Crippen LogP contribution < -0.4 is 10.1 Å². The molecule has 4 nitrogen and oxygen atoms in total. The summed E-state index contributed by atoms with van der Waals surface area (Å²) >= 11 is 3.40. The first-order valence-electron chi connectivity index (χ1n) is 6.18.